The molecule has 0 atom stereocenters. The molecule has 0 aliphatic carbocycles. The normalized spacial score (nSPS) is 10.6. The third kappa shape index (κ3) is 13.4. The molecule has 11 nitrogen and oxygen atoms in total. The second-order valence-corrected chi connectivity index (χ2v) is 9.64. The summed E-state index contributed by atoms with van der Waals surface area (Å²) in [6.07, 6.45) is 9.90. The maximum Gasteiger partial charge on any atom is 0.336 e. The van der Waals surface area contributed by atoms with Gasteiger partial charge in [-0.25, -0.2) is 19.2 Å². The molecule has 0 unspecified atom stereocenters. The second kappa shape index (κ2) is 20.0. The SMILES string of the molecule is C=CC(=O)OCCCOc1ccc(/C=C/C(=O)Oc2ccc(OC(=O)/C=C/c3ccc(OCCCOC(=O)C=C)cc3)c(C=N)c2)cc1. The first-order valence-corrected chi connectivity index (χ1v) is 14.8. The number of hydrogen-bond acceptors (Lipinski definition) is 11. The van der Waals surface area contributed by atoms with Crippen LogP contribution in [0.4, 0.5) is 0 Å². The van der Waals surface area contributed by atoms with Crippen LogP contribution >= 0.6 is 0 Å². The van der Waals surface area contributed by atoms with Crippen molar-refractivity contribution in [1.82, 2.24) is 0 Å². The Kier molecular flexibility index (Phi) is 15.1. The van der Waals surface area contributed by atoms with Gasteiger partial charge in [0, 0.05) is 48.9 Å². The molecular weight excluding hydrogens is 618 g/mol. The summed E-state index contributed by atoms with van der Waals surface area (Å²) in [6.45, 7) is 7.85. The summed E-state index contributed by atoms with van der Waals surface area (Å²) in [4.78, 5) is 46.9. The van der Waals surface area contributed by atoms with E-state index in [1.165, 1.54) is 30.4 Å². The van der Waals surface area contributed by atoms with Gasteiger partial charge >= 0.3 is 23.9 Å². The van der Waals surface area contributed by atoms with E-state index in [-0.39, 0.29) is 30.3 Å². The molecule has 0 saturated heterocycles. The van der Waals surface area contributed by atoms with E-state index in [0.717, 1.165) is 29.5 Å². The highest BCUT2D eigenvalue weighted by atomic mass is 16.5. The zero-order valence-corrected chi connectivity index (χ0v) is 26.1. The van der Waals surface area contributed by atoms with Gasteiger partial charge in [-0.05, 0) is 65.7 Å². The third-order valence-corrected chi connectivity index (χ3v) is 6.09. The van der Waals surface area contributed by atoms with E-state index in [1.54, 1.807) is 60.7 Å². The third-order valence-electron chi connectivity index (χ3n) is 6.09. The molecule has 0 aromatic heterocycles. The molecule has 248 valence electrons. The molecule has 11 heteroatoms. The minimum Gasteiger partial charge on any atom is -0.493 e. The van der Waals surface area contributed by atoms with Crippen LogP contribution in [0, 0.1) is 5.41 Å². The van der Waals surface area contributed by atoms with Crippen LogP contribution in [0.3, 0.4) is 0 Å². The highest BCUT2D eigenvalue weighted by Crippen LogP contribution is 2.24. The Morgan fingerprint density at radius 3 is 1.50 bits per heavy atom. The molecule has 0 aliphatic heterocycles. The number of carbonyl (C=O) groups excluding carboxylic acids is 4. The monoisotopic (exact) mass is 653 g/mol. The van der Waals surface area contributed by atoms with Crippen LogP contribution in [-0.2, 0) is 28.7 Å². The van der Waals surface area contributed by atoms with Crippen molar-refractivity contribution in [2.24, 2.45) is 0 Å². The standard InChI is InChI=1S/C37H35NO10/c1-3-34(39)45-23-5-21-43-30-13-7-27(8-14-30)11-19-36(41)47-32-17-18-33(29(25-32)26-38)48-37(42)20-12-28-9-15-31(16-10-28)44-22-6-24-46-35(40)4-2/h3-4,7-20,25-26,38H,1-2,5-6,21-24H2/b19-11+,20-12+,38-26?. The zero-order valence-electron chi connectivity index (χ0n) is 26.1. The Labute approximate surface area is 278 Å². The first-order valence-electron chi connectivity index (χ1n) is 14.8. The van der Waals surface area contributed by atoms with Gasteiger partial charge in [-0.15, -0.1) is 0 Å². The zero-order chi connectivity index (χ0) is 34.6. The van der Waals surface area contributed by atoms with E-state index in [1.807, 2.05) is 0 Å². The second-order valence-electron chi connectivity index (χ2n) is 9.64. The van der Waals surface area contributed by atoms with Crippen molar-refractivity contribution < 1.29 is 47.6 Å². The van der Waals surface area contributed by atoms with E-state index in [4.69, 9.17) is 33.8 Å². The maximum atomic E-state index is 12.4. The number of nitrogens with one attached hydrogen (secondary N) is 1. The van der Waals surface area contributed by atoms with E-state index in [2.05, 4.69) is 13.2 Å². The molecule has 3 aromatic rings. The van der Waals surface area contributed by atoms with Crippen molar-refractivity contribution in [2.45, 2.75) is 12.8 Å². The fraction of sp³-hybridized carbons (Fsp3) is 0.162. The van der Waals surface area contributed by atoms with Crippen molar-refractivity contribution in [3.8, 4) is 23.0 Å². The molecule has 0 fully saturated rings. The van der Waals surface area contributed by atoms with Crippen LogP contribution in [0.25, 0.3) is 12.2 Å². The molecule has 48 heavy (non-hydrogen) atoms. The lowest BCUT2D eigenvalue weighted by molar-refractivity contribution is -0.138. The van der Waals surface area contributed by atoms with Gasteiger partial charge < -0.3 is 33.8 Å². The van der Waals surface area contributed by atoms with Gasteiger partial charge in [0.15, 0.2) is 0 Å². The van der Waals surface area contributed by atoms with Crippen LogP contribution in [0.15, 0.2) is 104 Å². The first-order chi connectivity index (χ1) is 23.3. The largest absolute Gasteiger partial charge is 0.493 e. The Hall–Kier alpha value is -6.23. The average Bonchev–Trinajstić information content (AvgIpc) is 3.10. The van der Waals surface area contributed by atoms with Crippen LogP contribution in [0.2, 0.25) is 0 Å². The van der Waals surface area contributed by atoms with Crippen molar-refractivity contribution in [2.75, 3.05) is 26.4 Å². The molecule has 3 aromatic carbocycles. The molecule has 0 saturated carbocycles. The summed E-state index contributed by atoms with van der Waals surface area (Å²) < 4.78 is 31.7. The van der Waals surface area contributed by atoms with Crippen LogP contribution < -0.4 is 18.9 Å². The smallest absolute Gasteiger partial charge is 0.336 e. The molecule has 3 rings (SSSR count). The molecule has 1 N–H and O–H groups in total. The fourth-order valence-corrected chi connectivity index (χ4v) is 3.73. The average molecular weight is 654 g/mol. The number of benzene rings is 3. The van der Waals surface area contributed by atoms with Gasteiger partial charge in [0.25, 0.3) is 0 Å². The predicted octanol–water partition coefficient (Wildman–Crippen LogP) is 5.92. The number of ether oxygens (including phenoxy) is 6. The maximum absolute atomic E-state index is 12.4. The Balaban J connectivity index is 1.44. The van der Waals surface area contributed by atoms with Gasteiger partial charge in [-0.3, -0.25) is 0 Å². The highest BCUT2D eigenvalue weighted by molar-refractivity contribution is 5.92. The van der Waals surface area contributed by atoms with Crippen LogP contribution in [0.1, 0.15) is 29.5 Å². The highest BCUT2D eigenvalue weighted by Gasteiger charge is 2.10. The quantitative estimate of drug-likeness (QED) is 0.0544. The first kappa shape index (κ1) is 36.2. The Morgan fingerprint density at radius 2 is 1.04 bits per heavy atom. The lowest BCUT2D eigenvalue weighted by Gasteiger charge is -2.08. The summed E-state index contributed by atoms with van der Waals surface area (Å²) in [5.41, 5.74) is 1.70. The summed E-state index contributed by atoms with van der Waals surface area (Å²) in [5.74, 6) is -0.721. The molecule has 0 radical (unpaired) electrons. The molecule has 0 aliphatic rings. The lowest BCUT2D eigenvalue weighted by Crippen LogP contribution is -2.07. The lowest BCUT2D eigenvalue weighted by atomic mass is 10.2. The fourth-order valence-electron chi connectivity index (χ4n) is 3.73. The molecule has 0 heterocycles. The topological polar surface area (TPSA) is 148 Å². The number of carbonyl (C=O) groups is 4. The predicted molar refractivity (Wildman–Crippen MR) is 179 cm³/mol. The van der Waals surface area contributed by atoms with Gasteiger partial charge in [0.1, 0.15) is 23.0 Å². The molecule has 0 spiro atoms. The van der Waals surface area contributed by atoms with Crippen molar-refractivity contribution in [1.29, 1.82) is 5.41 Å². The minimum atomic E-state index is -0.661. The van der Waals surface area contributed by atoms with E-state index < -0.39 is 23.9 Å². The van der Waals surface area contributed by atoms with Gasteiger partial charge in [0.05, 0.1) is 26.4 Å². The minimum absolute atomic E-state index is 0.123. The number of esters is 4. The van der Waals surface area contributed by atoms with Crippen LogP contribution in [0.5, 0.6) is 23.0 Å². The van der Waals surface area contributed by atoms with E-state index in [9.17, 15) is 19.2 Å². The van der Waals surface area contributed by atoms with E-state index in [0.29, 0.717) is 37.6 Å². The van der Waals surface area contributed by atoms with Gasteiger partial charge in [0.2, 0.25) is 0 Å². The molecule has 0 amide bonds. The van der Waals surface area contributed by atoms with Gasteiger partial charge in [-0.2, -0.15) is 0 Å². The van der Waals surface area contributed by atoms with Crippen LogP contribution in [-0.4, -0.2) is 56.5 Å². The Morgan fingerprint density at radius 1 is 0.583 bits per heavy atom. The van der Waals surface area contributed by atoms with Crippen molar-refractivity contribution >= 4 is 42.2 Å². The summed E-state index contributed by atoms with van der Waals surface area (Å²) >= 11 is 0. The summed E-state index contributed by atoms with van der Waals surface area (Å²) in [7, 11) is 0. The van der Waals surface area contributed by atoms with E-state index >= 15 is 0 Å². The molecular formula is C37H35NO10. The van der Waals surface area contributed by atoms with Crippen molar-refractivity contribution in [3.05, 3.63) is 121 Å². The molecule has 0 bridgehead atoms. The van der Waals surface area contributed by atoms with Crippen molar-refractivity contribution in [3.63, 3.8) is 0 Å². The number of rotatable bonds is 19. The number of hydrogen-bond donors (Lipinski definition) is 1. The summed E-state index contributed by atoms with van der Waals surface area (Å²) in [6, 6.07) is 18.3. The Bertz CT molecular complexity index is 1640. The summed E-state index contributed by atoms with van der Waals surface area (Å²) in [5, 5.41) is 7.70. The van der Waals surface area contributed by atoms with Gasteiger partial charge in [-0.1, -0.05) is 37.4 Å².